The van der Waals surface area contributed by atoms with Crippen LogP contribution in [0.15, 0.2) is 24.3 Å². The number of carbonyl (C=O) groups is 1. The lowest BCUT2D eigenvalue weighted by atomic mass is 9.88. The summed E-state index contributed by atoms with van der Waals surface area (Å²) >= 11 is 0. The van der Waals surface area contributed by atoms with Gasteiger partial charge in [-0.25, -0.2) is 4.79 Å². The minimum Gasteiger partial charge on any atom is -0.465 e. The molecule has 0 fully saturated rings. The first-order chi connectivity index (χ1) is 9.50. The van der Waals surface area contributed by atoms with Gasteiger partial charge in [0, 0.05) is 19.7 Å². The third-order valence-corrected chi connectivity index (χ3v) is 3.35. The second-order valence-corrected chi connectivity index (χ2v) is 5.74. The van der Waals surface area contributed by atoms with E-state index in [1.807, 2.05) is 18.2 Å². The van der Waals surface area contributed by atoms with E-state index in [-0.39, 0.29) is 18.0 Å². The maximum absolute atomic E-state index is 11.7. The average Bonchev–Trinajstić information content (AvgIpc) is 2.45. The molecule has 112 valence electrons. The lowest BCUT2D eigenvalue weighted by molar-refractivity contribution is 0.0599. The molecule has 0 saturated carbocycles. The molecule has 0 amide bonds. The minimum absolute atomic E-state index is 0.128. The van der Waals surface area contributed by atoms with Gasteiger partial charge in [-0.15, -0.1) is 0 Å². The van der Waals surface area contributed by atoms with Crippen molar-refractivity contribution >= 4 is 5.97 Å². The van der Waals surface area contributed by atoms with Crippen molar-refractivity contribution in [3.05, 3.63) is 35.4 Å². The van der Waals surface area contributed by atoms with Crippen LogP contribution in [0.25, 0.3) is 0 Å². The summed E-state index contributed by atoms with van der Waals surface area (Å²) < 4.78 is 4.78. The van der Waals surface area contributed by atoms with Crippen LogP contribution in [-0.4, -0.2) is 31.3 Å². The molecule has 1 aromatic rings. The Bertz CT molecular complexity index is 429. The zero-order chi connectivity index (χ0) is 15.0. The van der Waals surface area contributed by atoms with E-state index >= 15 is 0 Å². The second kappa shape index (κ2) is 8.02. The molecule has 0 spiro atoms. The second-order valence-electron chi connectivity index (χ2n) is 5.74. The number of esters is 1. The van der Waals surface area contributed by atoms with Crippen LogP contribution < -0.4 is 5.32 Å². The highest BCUT2D eigenvalue weighted by atomic mass is 16.5. The Morgan fingerprint density at radius 1 is 1.35 bits per heavy atom. The van der Waals surface area contributed by atoms with Gasteiger partial charge in [-0.05, 0) is 29.9 Å². The molecule has 0 unspecified atom stereocenters. The lowest BCUT2D eigenvalue weighted by Gasteiger charge is -2.25. The summed E-state index contributed by atoms with van der Waals surface area (Å²) in [7, 11) is 1.39. The number of hydrogen-bond donors (Lipinski definition) is 2. The van der Waals surface area contributed by atoms with E-state index in [0.717, 1.165) is 24.9 Å². The maximum atomic E-state index is 11.7. The molecule has 1 rings (SSSR count). The molecule has 0 saturated heterocycles. The van der Waals surface area contributed by atoms with Gasteiger partial charge in [0.25, 0.3) is 0 Å². The molecule has 2 N–H and O–H groups in total. The van der Waals surface area contributed by atoms with Crippen LogP contribution in [0.2, 0.25) is 0 Å². The van der Waals surface area contributed by atoms with Gasteiger partial charge in [-0.3, -0.25) is 0 Å². The Morgan fingerprint density at radius 2 is 2.05 bits per heavy atom. The standard InChI is InChI=1S/C16H25NO3/c1-16(2,9-6-10-18)12-17-11-13-7-4-5-8-14(13)15(19)20-3/h4-5,7-8,17-18H,6,9-12H2,1-3H3. The molecule has 4 heteroatoms. The van der Waals surface area contributed by atoms with Crippen molar-refractivity contribution in [1.29, 1.82) is 0 Å². The number of methoxy groups -OCH3 is 1. The van der Waals surface area contributed by atoms with E-state index in [0.29, 0.717) is 12.1 Å². The molecule has 20 heavy (non-hydrogen) atoms. The minimum atomic E-state index is -0.304. The number of carbonyl (C=O) groups excluding carboxylic acids is 1. The monoisotopic (exact) mass is 279 g/mol. The van der Waals surface area contributed by atoms with Crippen molar-refractivity contribution in [1.82, 2.24) is 5.32 Å². The van der Waals surface area contributed by atoms with Crippen molar-refractivity contribution in [2.45, 2.75) is 33.2 Å². The molecule has 0 radical (unpaired) electrons. The topological polar surface area (TPSA) is 58.6 Å². The fourth-order valence-electron chi connectivity index (χ4n) is 2.17. The molecule has 0 aliphatic heterocycles. The van der Waals surface area contributed by atoms with Gasteiger partial charge in [0.1, 0.15) is 0 Å². The van der Waals surface area contributed by atoms with Crippen LogP contribution in [0.3, 0.4) is 0 Å². The SMILES string of the molecule is COC(=O)c1ccccc1CNCC(C)(C)CCCO. The summed E-state index contributed by atoms with van der Waals surface area (Å²) in [5.74, 6) is -0.304. The van der Waals surface area contributed by atoms with Crippen molar-refractivity contribution in [2.24, 2.45) is 5.41 Å². The third-order valence-electron chi connectivity index (χ3n) is 3.35. The van der Waals surface area contributed by atoms with E-state index in [1.165, 1.54) is 7.11 Å². The molecule has 0 aliphatic carbocycles. The Balaban J connectivity index is 2.56. The van der Waals surface area contributed by atoms with Gasteiger partial charge in [-0.1, -0.05) is 32.0 Å². The van der Waals surface area contributed by atoms with Crippen LogP contribution in [0, 0.1) is 5.41 Å². The first kappa shape index (κ1) is 16.7. The van der Waals surface area contributed by atoms with E-state index < -0.39 is 0 Å². The fraction of sp³-hybridized carbons (Fsp3) is 0.562. The van der Waals surface area contributed by atoms with Gasteiger partial charge < -0.3 is 15.2 Å². The fourth-order valence-corrected chi connectivity index (χ4v) is 2.17. The predicted molar refractivity (Wildman–Crippen MR) is 79.6 cm³/mol. The number of rotatable bonds is 8. The van der Waals surface area contributed by atoms with E-state index in [1.54, 1.807) is 6.07 Å². The molecule has 0 bridgehead atoms. The van der Waals surface area contributed by atoms with Crippen molar-refractivity contribution in [3.8, 4) is 0 Å². The van der Waals surface area contributed by atoms with Gasteiger partial charge >= 0.3 is 5.97 Å². The predicted octanol–water partition coefficient (Wildman–Crippen LogP) is 2.36. The quantitative estimate of drug-likeness (QED) is 0.717. The highest BCUT2D eigenvalue weighted by Crippen LogP contribution is 2.21. The average molecular weight is 279 g/mol. The summed E-state index contributed by atoms with van der Waals surface area (Å²) in [5.41, 5.74) is 1.68. The van der Waals surface area contributed by atoms with Crippen LogP contribution in [0.1, 0.15) is 42.6 Å². The summed E-state index contributed by atoms with van der Waals surface area (Å²) in [6.07, 6.45) is 1.78. The summed E-state index contributed by atoms with van der Waals surface area (Å²) in [6.45, 7) is 6.04. The Morgan fingerprint density at radius 3 is 2.70 bits per heavy atom. The zero-order valence-electron chi connectivity index (χ0n) is 12.6. The van der Waals surface area contributed by atoms with E-state index in [4.69, 9.17) is 9.84 Å². The molecule has 0 heterocycles. The first-order valence-electron chi connectivity index (χ1n) is 6.98. The Hall–Kier alpha value is -1.39. The van der Waals surface area contributed by atoms with Crippen LogP contribution in [0.4, 0.5) is 0 Å². The highest BCUT2D eigenvalue weighted by molar-refractivity contribution is 5.90. The first-order valence-corrected chi connectivity index (χ1v) is 6.98. The molecule has 0 atom stereocenters. The number of hydrogen-bond acceptors (Lipinski definition) is 4. The largest absolute Gasteiger partial charge is 0.465 e. The van der Waals surface area contributed by atoms with Gasteiger partial charge in [0.05, 0.1) is 12.7 Å². The van der Waals surface area contributed by atoms with Crippen molar-refractivity contribution < 1.29 is 14.6 Å². The number of aliphatic hydroxyl groups is 1. The van der Waals surface area contributed by atoms with Gasteiger partial charge in [0.2, 0.25) is 0 Å². The van der Waals surface area contributed by atoms with Crippen LogP contribution >= 0.6 is 0 Å². The molecule has 0 aromatic heterocycles. The number of benzene rings is 1. The number of nitrogens with one attached hydrogen (secondary N) is 1. The highest BCUT2D eigenvalue weighted by Gasteiger charge is 2.17. The number of aliphatic hydroxyl groups excluding tert-OH is 1. The zero-order valence-corrected chi connectivity index (χ0v) is 12.6. The summed E-state index contributed by atoms with van der Waals surface area (Å²) in [4.78, 5) is 11.7. The Labute approximate surface area is 121 Å². The molecule has 1 aromatic carbocycles. The Kier molecular flexibility index (Phi) is 6.68. The summed E-state index contributed by atoms with van der Waals surface area (Å²) in [6, 6.07) is 7.46. The van der Waals surface area contributed by atoms with Crippen LogP contribution in [-0.2, 0) is 11.3 Å². The van der Waals surface area contributed by atoms with Gasteiger partial charge in [-0.2, -0.15) is 0 Å². The molecule has 0 aliphatic rings. The van der Waals surface area contributed by atoms with Crippen molar-refractivity contribution in [2.75, 3.05) is 20.3 Å². The lowest BCUT2D eigenvalue weighted by Crippen LogP contribution is -2.29. The van der Waals surface area contributed by atoms with Gasteiger partial charge in [0.15, 0.2) is 0 Å². The van der Waals surface area contributed by atoms with Crippen LogP contribution in [0.5, 0.6) is 0 Å². The normalized spacial score (nSPS) is 11.4. The van der Waals surface area contributed by atoms with E-state index in [2.05, 4.69) is 19.2 Å². The third kappa shape index (κ3) is 5.31. The summed E-state index contributed by atoms with van der Waals surface area (Å²) in [5, 5.41) is 12.3. The van der Waals surface area contributed by atoms with Crippen molar-refractivity contribution in [3.63, 3.8) is 0 Å². The number of ether oxygens (including phenoxy) is 1. The smallest absolute Gasteiger partial charge is 0.338 e. The van der Waals surface area contributed by atoms with E-state index in [9.17, 15) is 4.79 Å². The maximum Gasteiger partial charge on any atom is 0.338 e. The molecule has 4 nitrogen and oxygen atoms in total. The molecular weight excluding hydrogens is 254 g/mol. The molecular formula is C16H25NO3.